The van der Waals surface area contributed by atoms with E-state index in [1.165, 1.54) is 0 Å². The molecule has 5 rings (SSSR count). The van der Waals surface area contributed by atoms with Crippen LogP contribution >= 0.6 is 11.6 Å². The average Bonchev–Trinajstić information content (AvgIpc) is 3.34. The highest BCUT2D eigenvalue weighted by atomic mass is 35.5. The van der Waals surface area contributed by atoms with Crippen LogP contribution in [0.4, 0.5) is 0 Å². The van der Waals surface area contributed by atoms with E-state index in [1.54, 1.807) is 0 Å². The van der Waals surface area contributed by atoms with E-state index in [0.29, 0.717) is 59.4 Å². The van der Waals surface area contributed by atoms with E-state index in [4.69, 9.17) is 30.5 Å². The summed E-state index contributed by atoms with van der Waals surface area (Å²) < 4.78 is 21.9. The fourth-order valence-corrected chi connectivity index (χ4v) is 5.25. The van der Waals surface area contributed by atoms with Gasteiger partial charge in [0, 0.05) is 40.9 Å². The van der Waals surface area contributed by atoms with Crippen molar-refractivity contribution in [1.82, 2.24) is 5.32 Å². The first kappa shape index (κ1) is 24.4. The van der Waals surface area contributed by atoms with Gasteiger partial charge in [-0.3, -0.25) is 4.79 Å². The van der Waals surface area contributed by atoms with E-state index in [0.717, 1.165) is 16.8 Å². The number of ketones is 1. The molecule has 2 aromatic carbocycles. The van der Waals surface area contributed by atoms with E-state index in [-0.39, 0.29) is 25.1 Å². The van der Waals surface area contributed by atoms with Crippen LogP contribution in [0.1, 0.15) is 49.7 Å². The number of fused-ring (bicyclic) bond motifs is 1. The number of ether oxygens (including phenoxy) is 4. The van der Waals surface area contributed by atoms with Crippen LogP contribution < -0.4 is 14.8 Å². The van der Waals surface area contributed by atoms with Gasteiger partial charge in [0.2, 0.25) is 6.79 Å². The third-order valence-corrected chi connectivity index (χ3v) is 7.04. The molecule has 0 spiro atoms. The number of halogens is 1. The number of esters is 1. The maximum atomic E-state index is 13.7. The van der Waals surface area contributed by atoms with Gasteiger partial charge >= 0.3 is 5.97 Å². The second kappa shape index (κ2) is 10.4. The van der Waals surface area contributed by atoms with Gasteiger partial charge in [0.1, 0.15) is 6.61 Å². The Morgan fingerprint density at radius 1 is 1.06 bits per heavy atom. The normalized spacial score (nSPS) is 20.8. The SMILES string of the molecule is CCOCCOC(=O)C1=C(C)NC2=C(C(=O)C[C@H](c3ccc(Cl)cc3)C2)[C@@H]1c1ccc2c(c1)OCO2. The number of dihydropyridines is 1. The van der Waals surface area contributed by atoms with Gasteiger partial charge in [-0.05, 0) is 61.6 Å². The lowest BCUT2D eigenvalue weighted by Gasteiger charge is -2.36. The average molecular weight is 510 g/mol. The number of carbonyl (C=O) groups is 2. The van der Waals surface area contributed by atoms with E-state index in [9.17, 15) is 9.59 Å². The highest BCUT2D eigenvalue weighted by Crippen LogP contribution is 2.47. The van der Waals surface area contributed by atoms with Crippen LogP contribution in [0, 0.1) is 0 Å². The molecular formula is C28H28ClNO6. The molecule has 2 heterocycles. The third kappa shape index (κ3) is 4.73. The minimum absolute atomic E-state index is 0.00140. The van der Waals surface area contributed by atoms with E-state index in [1.807, 2.05) is 56.3 Å². The summed E-state index contributed by atoms with van der Waals surface area (Å²) in [6.45, 7) is 4.86. The Morgan fingerprint density at radius 3 is 2.58 bits per heavy atom. The van der Waals surface area contributed by atoms with E-state index >= 15 is 0 Å². The van der Waals surface area contributed by atoms with Crippen molar-refractivity contribution in [2.75, 3.05) is 26.6 Å². The van der Waals surface area contributed by atoms with Crippen LogP contribution in [0.5, 0.6) is 11.5 Å². The van der Waals surface area contributed by atoms with Gasteiger partial charge in [-0.2, -0.15) is 0 Å². The summed E-state index contributed by atoms with van der Waals surface area (Å²) in [5.41, 5.74) is 4.36. The van der Waals surface area contributed by atoms with E-state index < -0.39 is 11.9 Å². The topological polar surface area (TPSA) is 83.1 Å². The zero-order chi connectivity index (χ0) is 25.2. The first-order valence-corrected chi connectivity index (χ1v) is 12.5. The van der Waals surface area contributed by atoms with Crippen LogP contribution in [-0.2, 0) is 19.1 Å². The zero-order valence-corrected chi connectivity index (χ0v) is 21.0. The maximum Gasteiger partial charge on any atom is 0.336 e. The van der Waals surface area contributed by atoms with Gasteiger partial charge < -0.3 is 24.3 Å². The van der Waals surface area contributed by atoms with Crippen LogP contribution in [0.3, 0.4) is 0 Å². The first-order valence-electron chi connectivity index (χ1n) is 12.1. The Labute approximate surface area is 215 Å². The molecule has 1 N–H and O–H groups in total. The lowest BCUT2D eigenvalue weighted by Crippen LogP contribution is -2.36. The molecule has 3 aliphatic rings. The maximum absolute atomic E-state index is 13.7. The van der Waals surface area contributed by atoms with Crippen LogP contribution in [0.25, 0.3) is 0 Å². The summed E-state index contributed by atoms with van der Waals surface area (Å²) in [6.07, 6.45) is 0.989. The Balaban J connectivity index is 1.52. The Hall–Kier alpha value is -3.29. The van der Waals surface area contributed by atoms with Gasteiger partial charge in [-0.25, -0.2) is 4.79 Å². The fourth-order valence-electron chi connectivity index (χ4n) is 5.12. The largest absolute Gasteiger partial charge is 0.460 e. The summed E-state index contributed by atoms with van der Waals surface area (Å²) in [7, 11) is 0. The van der Waals surface area contributed by atoms with Crippen LogP contribution in [0.15, 0.2) is 65.0 Å². The van der Waals surface area contributed by atoms with Gasteiger partial charge in [0.15, 0.2) is 17.3 Å². The monoisotopic (exact) mass is 509 g/mol. The van der Waals surface area contributed by atoms with Crippen molar-refractivity contribution >= 4 is 23.4 Å². The van der Waals surface area contributed by atoms with Crippen molar-refractivity contribution in [1.29, 1.82) is 0 Å². The lowest BCUT2D eigenvalue weighted by molar-refractivity contribution is -0.140. The molecule has 2 aromatic rings. The summed E-state index contributed by atoms with van der Waals surface area (Å²) in [6, 6.07) is 13.2. The molecule has 2 atom stereocenters. The standard InChI is InChI=1S/C28H28ClNO6/c1-3-33-10-11-34-28(32)25-16(2)30-21-12-19(17-4-7-20(29)8-5-17)13-22(31)27(21)26(25)18-6-9-23-24(14-18)36-15-35-23/h4-9,14,19,26,30H,3,10-13,15H2,1-2H3/t19-,26-/m1/s1. The lowest BCUT2D eigenvalue weighted by atomic mass is 9.71. The zero-order valence-electron chi connectivity index (χ0n) is 20.3. The summed E-state index contributed by atoms with van der Waals surface area (Å²) in [5.74, 6) is 0.207. The Bertz CT molecular complexity index is 1250. The Morgan fingerprint density at radius 2 is 1.81 bits per heavy atom. The molecule has 0 unspecified atom stereocenters. The van der Waals surface area contributed by atoms with Crippen molar-refractivity contribution in [3.63, 3.8) is 0 Å². The van der Waals surface area contributed by atoms with Gasteiger partial charge in [-0.1, -0.05) is 29.8 Å². The van der Waals surface area contributed by atoms with Crippen molar-refractivity contribution in [3.05, 3.63) is 81.2 Å². The molecule has 0 radical (unpaired) electrons. The molecule has 0 bridgehead atoms. The fraction of sp³-hybridized carbons (Fsp3) is 0.357. The van der Waals surface area contributed by atoms with Crippen molar-refractivity contribution in [3.8, 4) is 11.5 Å². The number of allylic oxidation sites excluding steroid dienone is 3. The first-order chi connectivity index (χ1) is 17.5. The third-order valence-electron chi connectivity index (χ3n) is 6.78. The molecule has 188 valence electrons. The molecule has 2 aliphatic heterocycles. The molecular weight excluding hydrogens is 482 g/mol. The molecule has 0 aromatic heterocycles. The number of hydrogen-bond acceptors (Lipinski definition) is 7. The number of carbonyl (C=O) groups excluding carboxylic acids is 2. The number of benzene rings is 2. The second-order valence-corrected chi connectivity index (χ2v) is 9.45. The minimum atomic E-state index is -0.575. The van der Waals surface area contributed by atoms with Crippen molar-refractivity contribution < 1.29 is 28.5 Å². The van der Waals surface area contributed by atoms with Gasteiger partial charge in [-0.15, -0.1) is 0 Å². The minimum Gasteiger partial charge on any atom is -0.460 e. The summed E-state index contributed by atoms with van der Waals surface area (Å²) in [5, 5.41) is 4.03. The Kier molecular flexibility index (Phi) is 7.03. The molecule has 7 nitrogen and oxygen atoms in total. The second-order valence-electron chi connectivity index (χ2n) is 9.01. The van der Waals surface area contributed by atoms with Crippen molar-refractivity contribution in [2.45, 2.75) is 38.5 Å². The predicted molar refractivity (Wildman–Crippen MR) is 134 cm³/mol. The van der Waals surface area contributed by atoms with Crippen molar-refractivity contribution in [2.24, 2.45) is 0 Å². The molecule has 0 fully saturated rings. The number of Topliss-reactive ketones (excluding diaryl/α,β-unsaturated/α-hetero) is 1. The van der Waals surface area contributed by atoms with E-state index in [2.05, 4.69) is 5.32 Å². The smallest absolute Gasteiger partial charge is 0.336 e. The number of hydrogen-bond donors (Lipinski definition) is 1. The molecule has 0 saturated heterocycles. The predicted octanol–water partition coefficient (Wildman–Crippen LogP) is 5.01. The van der Waals surface area contributed by atoms with Crippen LogP contribution in [-0.4, -0.2) is 38.4 Å². The molecule has 0 saturated carbocycles. The molecule has 1 aliphatic carbocycles. The highest BCUT2D eigenvalue weighted by Gasteiger charge is 2.41. The highest BCUT2D eigenvalue weighted by molar-refractivity contribution is 6.30. The molecule has 8 heteroatoms. The van der Waals surface area contributed by atoms with Gasteiger partial charge in [0.05, 0.1) is 12.2 Å². The van der Waals surface area contributed by atoms with Gasteiger partial charge in [0.25, 0.3) is 0 Å². The number of nitrogens with one attached hydrogen (secondary N) is 1. The summed E-state index contributed by atoms with van der Waals surface area (Å²) in [4.78, 5) is 27.0. The molecule has 36 heavy (non-hydrogen) atoms. The summed E-state index contributed by atoms with van der Waals surface area (Å²) >= 11 is 6.07. The van der Waals surface area contributed by atoms with Crippen LogP contribution in [0.2, 0.25) is 5.02 Å². The molecule has 0 amide bonds. The quantitative estimate of drug-likeness (QED) is 0.415. The number of rotatable bonds is 7.